The second kappa shape index (κ2) is 20.7. The third-order valence-corrected chi connectivity index (χ3v) is 8.80. The summed E-state index contributed by atoms with van der Waals surface area (Å²) in [6.45, 7) is 9.71. The Hall–Kier alpha value is -3.60. The maximum absolute atomic E-state index is 14.6. The number of allylic oxidation sites excluding steroid dienone is 2. The van der Waals surface area contributed by atoms with Gasteiger partial charge in [0, 0.05) is 36.6 Å². The number of nitrogens with one attached hydrogen (secondary N) is 3. The first-order valence-electron chi connectivity index (χ1n) is 17.5. The van der Waals surface area contributed by atoms with Crippen LogP contribution >= 0.6 is 0 Å². The van der Waals surface area contributed by atoms with Gasteiger partial charge >= 0.3 is 0 Å². The molecule has 11 heteroatoms. The molecule has 2 rings (SSSR count). The van der Waals surface area contributed by atoms with Crippen LogP contribution in [0, 0.1) is 17.8 Å². The van der Waals surface area contributed by atoms with Gasteiger partial charge in [-0.2, -0.15) is 0 Å². The summed E-state index contributed by atoms with van der Waals surface area (Å²) in [6.07, 6.45) is 7.84. The molecule has 0 bridgehead atoms. The first-order chi connectivity index (χ1) is 22.9. The van der Waals surface area contributed by atoms with E-state index in [-0.39, 0.29) is 42.7 Å². The predicted octanol–water partition coefficient (Wildman–Crippen LogP) is 4.51. The van der Waals surface area contributed by atoms with Crippen LogP contribution in [-0.4, -0.2) is 79.1 Å². The molecule has 5 atom stereocenters. The molecule has 0 saturated carbocycles. The molecule has 4 N–H and O–H groups in total. The lowest BCUT2D eigenvalue weighted by atomic mass is 9.90. The molecule has 0 aromatic heterocycles. The van der Waals surface area contributed by atoms with Gasteiger partial charge in [0.2, 0.25) is 17.7 Å². The highest BCUT2D eigenvalue weighted by Crippen LogP contribution is 2.30. The van der Waals surface area contributed by atoms with Crippen molar-refractivity contribution in [2.75, 3.05) is 21.3 Å². The highest BCUT2D eigenvalue weighted by Gasteiger charge is 2.38. The van der Waals surface area contributed by atoms with Gasteiger partial charge in [-0.3, -0.25) is 19.2 Å². The molecule has 4 amide bonds. The lowest BCUT2D eigenvalue weighted by Crippen LogP contribution is -2.58. The average molecular weight is 673 g/mol. The number of aliphatic hydroxyl groups is 1. The first kappa shape index (κ1) is 40.6. The average Bonchev–Trinajstić information content (AvgIpc) is 3.05. The summed E-state index contributed by atoms with van der Waals surface area (Å²) in [5.74, 6) is -1.22. The topological polar surface area (TPSA) is 146 Å². The van der Waals surface area contributed by atoms with Crippen LogP contribution in [0.15, 0.2) is 30.4 Å². The molecule has 1 aliphatic heterocycles. The van der Waals surface area contributed by atoms with Crippen LogP contribution in [-0.2, 0) is 25.7 Å². The number of aliphatic hydroxyl groups excluding tert-OH is 1. The summed E-state index contributed by atoms with van der Waals surface area (Å²) >= 11 is 0. The molecule has 1 aromatic rings. The van der Waals surface area contributed by atoms with E-state index in [0.29, 0.717) is 37.2 Å². The van der Waals surface area contributed by atoms with Gasteiger partial charge in [0.1, 0.15) is 17.5 Å². The maximum atomic E-state index is 14.6. The normalized spacial score (nSPS) is 22.3. The van der Waals surface area contributed by atoms with Gasteiger partial charge in [-0.25, -0.2) is 0 Å². The van der Waals surface area contributed by atoms with Gasteiger partial charge in [-0.15, -0.1) is 0 Å². The quantitative estimate of drug-likeness (QED) is 0.239. The summed E-state index contributed by atoms with van der Waals surface area (Å²) in [6, 6.07) is 3.14. The fraction of sp³-hybridized carbons (Fsp3) is 0.676. The Morgan fingerprint density at radius 1 is 1.08 bits per heavy atom. The van der Waals surface area contributed by atoms with Gasteiger partial charge in [-0.05, 0) is 76.8 Å². The molecule has 1 heterocycles. The number of carbonyl (C=O) groups is 4. The molecule has 1 aromatic carbocycles. The van der Waals surface area contributed by atoms with Gasteiger partial charge in [0.05, 0.1) is 26.8 Å². The minimum Gasteiger partial charge on any atom is -0.497 e. The van der Waals surface area contributed by atoms with E-state index < -0.39 is 35.9 Å². The Morgan fingerprint density at radius 3 is 2.42 bits per heavy atom. The lowest BCUT2D eigenvalue weighted by molar-refractivity contribution is -0.146. The van der Waals surface area contributed by atoms with Gasteiger partial charge in [-0.1, -0.05) is 45.8 Å². The van der Waals surface area contributed by atoms with Gasteiger partial charge < -0.3 is 35.4 Å². The lowest BCUT2D eigenvalue weighted by Gasteiger charge is -2.37. The molecule has 1 aliphatic rings. The molecule has 48 heavy (non-hydrogen) atoms. The van der Waals surface area contributed by atoms with Crippen LogP contribution in [0.2, 0.25) is 0 Å². The Labute approximate surface area is 287 Å². The van der Waals surface area contributed by atoms with E-state index in [2.05, 4.69) is 22.9 Å². The minimum absolute atomic E-state index is 0.0234. The zero-order valence-electron chi connectivity index (χ0n) is 30.3. The van der Waals surface area contributed by atoms with Gasteiger partial charge in [0.15, 0.2) is 6.10 Å². The summed E-state index contributed by atoms with van der Waals surface area (Å²) in [5, 5.41) is 19.7. The third-order valence-electron chi connectivity index (χ3n) is 8.80. The summed E-state index contributed by atoms with van der Waals surface area (Å²) in [7, 11) is 4.67. The number of ether oxygens (including phenoxy) is 2. The Bertz CT molecular complexity index is 1220. The summed E-state index contributed by atoms with van der Waals surface area (Å²) < 4.78 is 11.1. The predicted molar refractivity (Wildman–Crippen MR) is 187 cm³/mol. The fourth-order valence-corrected chi connectivity index (χ4v) is 6.25. The van der Waals surface area contributed by atoms with Crippen molar-refractivity contribution in [3.05, 3.63) is 35.9 Å². The molecule has 0 saturated heterocycles. The van der Waals surface area contributed by atoms with Crippen LogP contribution in [0.4, 0.5) is 0 Å². The van der Waals surface area contributed by atoms with E-state index in [4.69, 9.17) is 9.47 Å². The zero-order valence-corrected chi connectivity index (χ0v) is 30.3. The smallest absolute Gasteiger partial charge is 0.251 e. The molecule has 11 nitrogen and oxygen atoms in total. The van der Waals surface area contributed by atoms with Crippen LogP contribution in [0.5, 0.6) is 11.5 Å². The number of rotatable bonds is 12. The molecular weight excluding hydrogens is 612 g/mol. The van der Waals surface area contributed by atoms with Crippen molar-refractivity contribution < 1.29 is 33.8 Å². The van der Waals surface area contributed by atoms with E-state index in [1.807, 2.05) is 32.1 Å². The molecule has 270 valence electrons. The Kier molecular flexibility index (Phi) is 17.5. The first-order valence-corrected chi connectivity index (χ1v) is 17.5. The SMILES string of the molecule is CCCC1CCCCC=CCC(C(=O)NC)CC([C@@H](O)C(=O)NC(C)C)NC(=O)C(CC(C)C)N(Cc2ccc(OC)cc2OC)C1=O. The standard InChI is InChI=1S/C37H60N4O7/c1-9-15-26-16-13-11-10-12-14-17-27(34(43)38-6)21-30(33(42)36(45)39-25(4)5)40-35(44)31(20-24(2)3)41(37(26)46)23-28-18-19-29(47-7)22-32(28)48-8/h12,14,18-19,22,24-27,30-31,33,42H,9-11,13,15-17,20-21,23H2,1-8H3,(H,38,43)(H,39,45)(H,40,44)/t26?,27?,30?,31?,33-/m1/s1. The number of amides is 4. The van der Waals surface area contributed by atoms with Crippen molar-refractivity contribution in [2.24, 2.45) is 17.8 Å². The highest BCUT2D eigenvalue weighted by atomic mass is 16.5. The van der Waals surface area contributed by atoms with E-state index in [0.717, 1.165) is 31.2 Å². The molecule has 0 fully saturated rings. The number of benzene rings is 1. The summed E-state index contributed by atoms with van der Waals surface area (Å²) in [5.41, 5.74) is 0.718. The van der Waals surface area contributed by atoms with E-state index in [9.17, 15) is 24.3 Å². The van der Waals surface area contributed by atoms with Crippen molar-refractivity contribution >= 4 is 23.6 Å². The van der Waals surface area contributed by atoms with Crippen LogP contribution < -0.4 is 25.4 Å². The molecule has 4 unspecified atom stereocenters. The molecule has 0 radical (unpaired) electrons. The van der Waals surface area contributed by atoms with Crippen molar-refractivity contribution in [3.63, 3.8) is 0 Å². The third kappa shape index (κ3) is 12.5. The van der Waals surface area contributed by atoms with Crippen molar-refractivity contribution in [1.29, 1.82) is 0 Å². The monoisotopic (exact) mass is 672 g/mol. The van der Waals surface area contributed by atoms with E-state index >= 15 is 0 Å². The minimum atomic E-state index is -1.62. The second-order valence-electron chi connectivity index (χ2n) is 13.5. The number of carbonyl (C=O) groups excluding carboxylic acids is 4. The second-order valence-corrected chi connectivity index (χ2v) is 13.5. The summed E-state index contributed by atoms with van der Waals surface area (Å²) in [4.78, 5) is 56.9. The molecule has 0 aliphatic carbocycles. The van der Waals surface area contributed by atoms with Crippen molar-refractivity contribution in [2.45, 2.75) is 123 Å². The van der Waals surface area contributed by atoms with Crippen LogP contribution in [0.25, 0.3) is 0 Å². The number of nitrogens with zero attached hydrogens (tertiary/aromatic N) is 1. The number of methoxy groups -OCH3 is 2. The number of hydrogen-bond donors (Lipinski definition) is 4. The number of hydrogen-bond acceptors (Lipinski definition) is 7. The largest absolute Gasteiger partial charge is 0.497 e. The highest BCUT2D eigenvalue weighted by molar-refractivity contribution is 5.90. The van der Waals surface area contributed by atoms with Gasteiger partial charge in [0.25, 0.3) is 5.91 Å². The van der Waals surface area contributed by atoms with E-state index in [1.165, 1.54) is 0 Å². The van der Waals surface area contributed by atoms with Crippen LogP contribution in [0.3, 0.4) is 0 Å². The zero-order chi connectivity index (χ0) is 35.8. The van der Waals surface area contributed by atoms with E-state index in [1.54, 1.807) is 52.1 Å². The Balaban J connectivity index is 2.72. The fourth-order valence-electron chi connectivity index (χ4n) is 6.25. The Morgan fingerprint density at radius 2 is 1.81 bits per heavy atom. The van der Waals surface area contributed by atoms with Crippen molar-refractivity contribution in [3.8, 4) is 11.5 Å². The van der Waals surface area contributed by atoms with Crippen molar-refractivity contribution in [1.82, 2.24) is 20.9 Å². The molecular formula is C37H60N4O7. The maximum Gasteiger partial charge on any atom is 0.251 e. The van der Waals surface area contributed by atoms with Crippen LogP contribution in [0.1, 0.15) is 98.0 Å². The molecule has 0 spiro atoms.